The fraction of sp³-hybridized carbons (Fsp3) is 0.917. The Labute approximate surface area is 98.8 Å². The number of hydrogen-bond acceptors (Lipinski definition) is 3. The average Bonchev–Trinajstić information content (AvgIpc) is 2.74. The molecule has 0 aliphatic carbocycles. The summed E-state index contributed by atoms with van der Waals surface area (Å²) >= 11 is 0. The Kier molecular flexibility index (Phi) is 6.42. The summed E-state index contributed by atoms with van der Waals surface area (Å²) in [5.41, 5.74) is 0. The molecule has 4 heteroatoms. The summed E-state index contributed by atoms with van der Waals surface area (Å²) in [5, 5.41) is 6.04. The van der Waals surface area contributed by atoms with Gasteiger partial charge in [0.1, 0.15) is 0 Å². The quantitative estimate of drug-likeness (QED) is 0.626. The van der Waals surface area contributed by atoms with Crippen LogP contribution in [0.1, 0.15) is 33.1 Å². The normalized spacial score (nSPS) is 16.9. The van der Waals surface area contributed by atoms with Gasteiger partial charge in [0.05, 0.1) is 6.54 Å². The van der Waals surface area contributed by atoms with E-state index in [4.69, 9.17) is 0 Å². The largest absolute Gasteiger partial charge is 0.355 e. The van der Waals surface area contributed by atoms with Gasteiger partial charge in [-0.3, -0.25) is 4.79 Å². The van der Waals surface area contributed by atoms with Crippen LogP contribution in [0, 0.1) is 0 Å². The van der Waals surface area contributed by atoms with Crippen LogP contribution >= 0.6 is 0 Å². The molecule has 1 amide bonds. The summed E-state index contributed by atoms with van der Waals surface area (Å²) in [5.74, 6) is 0.107. The molecule has 0 bridgehead atoms. The zero-order valence-electron chi connectivity index (χ0n) is 10.6. The second-order valence-corrected chi connectivity index (χ2v) is 4.79. The van der Waals surface area contributed by atoms with E-state index in [1.54, 1.807) is 0 Å². The van der Waals surface area contributed by atoms with E-state index in [1.165, 1.54) is 25.9 Å². The number of likely N-dealkylation sites (tertiary alicyclic amines) is 1. The summed E-state index contributed by atoms with van der Waals surface area (Å²) in [4.78, 5) is 13.8. The van der Waals surface area contributed by atoms with Crippen LogP contribution < -0.4 is 10.6 Å². The highest BCUT2D eigenvalue weighted by Gasteiger charge is 2.10. The van der Waals surface area contributed by atoms with Crippen molar-refractivity contribution in [1.29, 1.82) is 0 Å². The van der Waals surface area contributed by atoms with Crippen molar-refractivity contribution in [1.82, 2.24) is 15.5 Å². The van der Waals surface area contributed by atoms with Crippen molar-refractivity contribution in [3.63, 3.8) is 0 Å². The SMILES string of the molecule is CC(C)NCC(=O)NCCCN1CCCC1. The van der Waals surface area contributed by atoms with Crippen LogP contribution in [0.2, 0.25) is 0 Å². The lowest BCUT2D eigenvalue weighted by Gasteiger charge is -2.14. The first kappa shape index (κ1) is 13.5. The van der Waals surface area contributed by atoms with E-state index in [2.05, 4.69) is 15.5 Å². The first-order chi connectivity index (χ1) is 7.68. The first-order valence-corrected chi connectivity index (χ1v) is 6.41. The lowest BCUT2D eigenvalue weighted by Crippen LogP contribution is -2.37. The summed E-state index contributed by atoms with van der Waals surface area (Å²) < 4.78 is 0. The fourth-order valence-electron chi connectivity index (χ4n) is 1.90. The van der Waals surface area contributed by atoms with Crippen molar-refractivity contribution < 1.29 is 4.79 Å². The molecule has 1 fully saturated rings. The number of rotatable bonds is 7. The number of nitrogens with zero attached hydrogens (tertiary/aromatic N) is 1. The molecule has 0 radical (unpaired) electrons. The molecule has 0 unspecified atom stereocenters. The molecule has 0 saturated carbocycles. The fourth-order valence-corrected chi connectivity index (χ4v) is 1.90. The number of nitrogens with one attached hydrogen (secondary N) is 2. The van der Waals surface area contributed by atoms with Crippen LogP contribution in [-0.2, 0) is 4.79 Å². The molecule has 1 aliphatic heterocycles. The predicted octanol–water partition coefficient (Wildman–Crippen LogP) is 0.587. The van der Waals surface area contributed by atoms with E-state index in [0.717, 1.165) is 19.5 Å². The van der Waals surface area contributed by atoms with Crippen molar-refractivity contribution in [3.8, 4) is 0 Å². The van der Waals surface area contributed by atoms with Gasteiger partial charge in [0.2, 0.25) is 5.91 Å². The van der Waals surface area contributed by atoms with Crippen molar-refractivity contribution >= 4 is 5.91 Å². The van der Waals surface area contributed by atoms with Gasteiger partial charge in [0.15, 0.2) is 0 Å². The Morgan fingerprint density at radius 2 is 2.00 bits per heavy atom. The molecule has 1 aliphatic rings. The lowest BCUT2D eigenvalue weighted by atomic mass is 10.3. The summed E-state index contributed by atoms with van der Waals surface area (Å²) in [6.07, 6.45) is 3.74. The van der Waals surface area contributed by atoms with Gasteiger partial charge in [-0.25, -0.2) is 0 Å². The third kappa shape index (κ3) is 6.08. The topological polar surface area (TPSA) is 44.4 Å². The highest BCUT2D eigenvalue weighted by atomic mass is 16.1. The molecule has 16 heavy (non-hydrogen) atoms. The zero-order chi connectivity index (χ0) is 11.8. The molecule has 0 aromatic carbocycles. The van der Waals surface area contributed by atoms with Crippen molar-refractivity contribution in [2.75, 3.05) is 32.7 Å². The van der Waals surface area contributed by atoms with Crippen LogP contribution in [0.5, 0.6) is 0 Å². The van der Waals surface area contributed by atoms with E-state index in [-0.39, 0.29) is 5.91 Å². The smallest absolute Gasteiger partial charge is 0.233 e. The maximum atomic E-state index is 11.4. The minimum absolute atomic E-state index is 0.107. The van der Waals surface area contributed by atoms with Gasteiger partial charge in [0.25, 0.3) is 0 Å². The number of carbonyl (C=O) groups is 1. The minimum atomic E-state index is 0.107. The molecule has 2 N–H and O–H groups in total. The minimum Gasteiger partial charge on any atom is -0.355 e. The Balaban J connectivity index is 1.91. The third-order valence-electron chi connectivity index (χ3n) is 2.84. The lowest BCUT2D eigenvalue weighted by molar-refractivity contribution is -0.120. The molecule has 0 aromatic heterocycles. The second-order valence-electron chi connectivity index (χ2n) is 4.79. The highest BCUT2D eigenvalue weighted by Crippen LogP contribution is 2.06. The van der Waals surface area contributed by atoms with E-state index in [0.29, 0.717) is 12.6 Å². The number of hydrogen-bond donors (Lipinski definition) is 2. The number of amides is 1. The summed E-state index contributed by atoms with van der Waals surface area (Å²) in [7, 11) is 0. The predicted molar refractivity (Wildman–Crippen MR) is 66.4 cm³/mol. The van der Waals surface area contributed by atoms with Gasteiger partial charge in [-0.05, 0) is 38.9 Å². The van der Waals surface area contributed by atoms with E-state index < -0.39 is 0 Å². The molecule has 0 atom stereocenters. The van der Waals surface area contributed by atoms with Crippen molar-refractivity contribution in [3.05, 3.63) is 0 Å². The van der Waals surface area contributed by atoms with Crippen LogP contribution in [0.15, 0.2) is 0 Å². The van der Waals surface area contributed by atoms with Crippen molar-refractivity contribution in [2.45, 2.75) is 39.2 Å². The van der Waals surface area contributed by atoms with Gasteiger partial charge >= 0.3 is 0 Å². The molecule has 4 nitrogen and oxygen atoms in total. The Hall–Kier alpha value is -0.610. The maximum absolute atomic E-state index is 11.4. The third-order valence-corrected chi connectivity index (χ3v) is 2.84. The molecular weight excluding hydrogens is 202 g/mol. The molecule has 0 aromatic rings. The summed E-state index contributed by atoms with van der Waals surface area (Å²) in [6.45, 7) is 8.92. The van der Waals surface area contributed by atoms with Crippen LogP contribution in [0.3, 0.4) is 0 Å². The van der Waals surface area contributed by atoms with Gasteiger partial charge in [-0.15, -0.1) is 0 Å². The standard InChI is InChI=1S/C12H25N3O/c1-11(2)14-10-12(16)13-6-5-9-15-7-3-4-8-15/h11,14H,3-10H2,1-2H3,(H,13,16). The Bertz CT molecular complexity index is 200. The van der Waals surface area contributed by atoms with Crippen LogP contribution in [0.25, 0.3) is 0 Å². The van der Waals surface area contributed by atoms with Crippen molar-refractivity contribution in [2.24, 2.45) is 0 Å². The van der Waals surface area contributed by atoms with Crippen LogP contribution in [0.4, 0.5) is 0 Å². The van der Waals surface area contributed by atoms with Crippen LogP contribution in [-0.4, -0.2) is 49.6 Å². The molecule has 1 heterocycles. The van der Waals surface area contributed by atoms with Gasteiger partial charge in [-0.1, -0.05) is 13.8 Å². The molecular formula is C12H25N3O. The second kappa shape index (κ2) is 7.63. The van der Waals surface area contributed by atoms with E-state index in [1.807, 2.05) is 13.8 Å². The average molecular weight is 227 g/mol. The Morgan fingerprint density at radius 1 is 1.31 bits per heavy atom. The first-order valence-electron chi connectivity index (χ1n) is 6.41. The molecule has 94 valence electrons. The zero-order valence-corrected chi connectivity index (χ0v) is 10.6. The maximum Gasteiger partial charge on any atom is 0.233 e. The van der Waals surface area contributed by atoms with E-state index >= 15 is 0 Å². The summed E-state index contributed by atoms with van der Waals surface area (Å²) in [6, 6.07) is 0.371. The number of carbonyl (C=O) groups excluding carboxylic acids is 1. The van der Waals surface area contributed by atoms with Gasteiger partial charge in [0, 0.05) is 12.6 Å². The van der Waals surface area contributed by atoms with E-state index in [9.17, 15) is 4.79 Å². The Morgan fingerprint density at radius 3 is 2.62 bits per heavy atom. The molecule has 0 spiro atoms. The van der Waals surface area contributed by atoms with Gasteiger partial charge < -0.3 is 15.5 Å². The molecule has 1 rings (SSSR count). The molecule has 1 saturated heterocycles. The van der Waals surface area contributed by atoms with Gasteiger partial charge in [-0.2, -0.15) is 0 Å². The highest BCUT2D eigenvalue weighted by molar-refractivity contribution is 5.77. The monoisotopic (exact) mass is 227 g/mol.